The molecular formula is C21H23N7O3. The van der Waals surface area contributed by atoms with Gasteiger partial charge in [-0.25, -0.2) is 4.79 Å². The average Bonchev–Trinajstić information content (AvgIpc) is 2.80. The number of carbonyl (C=O) groups excluding carboxylic acids is 2. The van der Waals surface area contributed by atoms with Crippen LogP contribution in [0.4, 0.5) is 4.79 Å². The lowest BCUT2D eigenvalue weighted by atomic mass is 10.2. The third-order valence-corrected chi connectivity index (χ3v) is 4.34. The molecule has 0 aliphatic carbocycles. The molecule has 0 saturated heterocycles. The molecule has 10 nitrogen and oxygen atoms in total. The summed E-state index contributed by atoms with van der Waals surface area (Å²) in [7, 11) is 1.57. The van der Waals surface area contributed by atoms with Crippen LogP contribution in [0.3, 0.4) is 0 Å². The Labute approximate surface area is 179 Å². The van der Waals surface area contributed by atoms with E-state index in [1.165, 1.54) is 4.90 Å². The van der Waals surface area contributed by atoms with Crippen LogP contribution in [-0.4, -0.2) is 55.9 Å². The van der Waals surface area contributed by atoms with Crippen LogP contribution in [0.15, 0.2) is 48.7 Å². The molecule has 2 aromatic heterocycles. The lowest BCUT2D eigenvalue weighted by molar-refractivity contribution is -0.120. The van der Waals surface area contributed by atoms with Crippen molar-refractivity contribution in [3.05, 3.63) is 60.0 Å². The Balaban J connectivity index is 1.69. The van der Waals surface area contributed by atoms with E-state index < -0.39 is 6.09 Å². The molecule has 0 saturated carbocycles. The highest BCUT2D eigenvalue weighted by atomic mass is 16.6. The fraction of sp³-hybridized carbons (Fsp3) is 0.286. The summed E-state index contributed by atoms with van der Waals surface area (Å²) in [5, 5.41) is 18.8. The molecule has 0 spiro atoms. The number of ether oxygens (including phenoxy) is 1. The first-order chi connectivity index (χ1) is 15.0. The molecule has 10 heteroatoms. The summed E-state index contributed by atoms with van der Waals surface area (Å²) in [6.07, 6.45) is 1.79. The smallest absolute Gasteiger partial charge is 0.410 e. The Bertz CT molecular complexity index is 996. The van der Waals surface area contributed by atoms with Crippen LogP contribution >= 0.6 is 0 Å². The molecule has 3 rings (SSSR count). The van der Waals surface area contributed by atoms with Crippen molar-refractivity contribution in [3.8, 4) is 17.3 Å². The van der Waals surface area contributed by atoms with Gasteiger partial charge in [-0.2, -0.15) is 0 Å². The number of rotatable bonds is 8. The van der Waals surface area contributed by atoms with Gasteiger partial charge in [0.15, 0.2) is 5.82 Å². The minimum absolute atomic E-state index is 0.0426. The maximum Gasteiger partial charge on any atom is 0.415 e. The highest BCUT2D eigenvalue weighted by Gasteiger charge is 2.19. The number of nitrogens with zero attached hydrogens (tertiary/aromatic N) is 6. The monoisotopic (exact) mass is 421 g/mol. The molecule has 0 bridgehead atoms. The Hall–Kier alpha value is -3.95. The third-order valence-electron chi connectivity index (χ3n) is 4.34. The van der Waals surface area contributed by atoms with Crippen LogP contribution < -0.4 is 10.1 Å². The van der Waals surface area contributed by atoms with Crippen molar-refractivity contribution in [2.75, 3.05) is 13.6 Å². The molecule has 0 fully saturated rings. The average molecular weight is 421 g/mol. The normalized spacial score (nSPS) is 10.4. The van der Waals surface area contributed by atoms with E-state index in [4.69, 9.17) is 4.74 Å². The van der Waals surface area contributed by atoms with Gasteiger partial charge in [-0.3, -0.25) is 9.78 Å². The van der Waals surface area contributed by atoms with Gasteiger partial charge in [0.25, 0.3) is 0 Å². The van der Waals surface area contributed by atoms with Crippen molar-refractivity contribution in [1.29, 1.82) is 0 Å². The number of aryl methyl sites for hydroxylation is 1. The van der Waals surface area contributed by atoms with Gasteiger partial charge in [0.05, 0.1) is 6.54 Å². The van der Waals surface area contributed by atoms with Crippen molar-refractivity contribution in [1.82, 2.24) is 35.6 Å². The van der Waals surface area contributed by atoms with Crippen molar-refractivity contribution in [3.63, 3.8) is 0 Å². The SMILES string of the molecule is CNC(=O)CCCN(Cc1nnc(-c2ccccn2)nn1)C(=O)Oc1ccc(C)cc1. The van der Waals surface area contributed by atoms with Crippen LogP contribution in [0.25, 0.3) is 11.5 Å². The molecular weight excluding hydrogens is 398 g/mol. The Kier molecular flexibility index (Phi) is 7.52. The molecule has 0 atom stereocenters. The van der Waals surface area contributed by atoms with Gasteiger partial charge in [-0.1, -0.05) is 23.8 Å². The van der Waals surface area contributed by atoms with E-state index in [1.54, 1.807) is 37.5 Å². The van der Waals surface area contributed by atoms with Gasteiger partial charge < -0.3 is 15.0 Å². The molecule has 160 valence electrons. The van der Waals surface area contributed by atoms with E-state index in [-0.39, 0.29) is 37.1 Å². The standard InChI is InChI=1S/C21H23N7O3/c1-15-8-10-16(11-9-15)31-21(30)28(13-5-7-19(29)22-2)14-18-24-26-20(27-25-18)17-6-3-4-12-23-17/h3-4,6,8-12H,5,7,13-14H2,1-2H3,(H,22,29). The van der Waals surface area contributed by atoms with E-state index in [9.17, 15) is 9.59 Å². The van der Waals surface area contributed by atoms with Crippen molar-refractivity contribution < 1.29 is 14.3 Å². The quantitative estimate of drug-likeness (QED) is 0.587. The Morgan fingerprint density at radius 3 is 2.42 bits per heavy atom. The molecule has 1 aromatic carbocycles. The first kappa shape index (κ1) is 21.8. The summed E-state index contributed by atoms with van der Waals surface area (Å²) in [5.74, 6) is 0.860. The molecule has 31 heavy (non-hydrogen) atoms. The summed E-state index contributed by atoms with van der Waals surface area (Å²) in [6.45, 7) is 2.27. The zero-order valence-electron chi connectivity index (χ0n) is 17.4. The summed E-state index contributed by atoms with van der Waals surface area (Å²) >= 11 is 0. The summed E-state index contributed by atoms with van der Waals surface area (Å²) < 4.78 is 5.46. The fourth-order valence-corrected chi connectivity index (χ4v) is 2.64. The van der Waals surface area contributed by atoms with Crippen molar-refractivity contribution in [2.45, 2.75) is 26.3 Å². The second kappa shape index (κ2) is 10.7. The molecule has 0 radical (unpaired) electrons. The second-order valence-corrected chi connectivity index (χ2v) is 6.73. The van der Waals surface area contributed by atoms with Crippen LogP contribution in [0.1, 0.15) is 24.2 Å². The molecule has 0 aliphatic heterocycles. The number of aromatic nitrogens is 5. The number of hydrogen-bond acceptors (Lipinski definition) is 8. The van der Waals surface area contributed by atoms with Gasteiger partial charge in [0.2, 0.25) is 11.7 Å². The number of hydrogen-bond donors (Lipinski definition) is 1. The summed E-state index contributed by atoms with van der Waals surface area (Å²) in [4.78, 5) is 29.8. The minimum Gasteiger partial charge on any atom is -0.410 e. The van der Waals surface area contributed by atoms with Gasteiger partial charge in [0.1, 0.15) is 11.4 Å². The zero-order chi connectivity index (χ0) is 22.1. The van der Waals surface area contributed by atoms with Gasteiger partial charge in [0, 0.05) is 26.2 Å². The van der Waals surface area contributed by atoms with Gasteiger partial charge in [-0.05, 0) is 37.6 Å². The lowest BCUT2D eigenvalue weighted by Gasteiger charge is -2.20. The van der Waals surface area contributed by atoms with E-state index in [0.29, 0.717) is 17.9 Å². The summed E-state index contributed by atoms with van der Waals surface area (Å²) in [5.41, 5.74) is 1.61. The highest BCUT2D eigenvalue weighted by molar-refractivity contribution is 5.75. The Morgan fingerprint density at radius 1 is 1.03 bits per heavy atom. The second-order valence-electron chi connectivity index (χ2n) is 6.73. The van der Waals surface area contributed by atoms with E-state index >= 15 is 0 Å². The highest BCUT2D eigenvalue weighted by Crippen LogP contribution is 2.14. The number of benzene rings is 1. The van der Waals surface area contributed by atoms with Crippen molar-refractivity contribution >= 4 is 12.0 Å². The van der Waals surface area contributed by atoms with E-state index in [1.807, 2.05) is 25.1 Å². The largest absolute Gasteiger partial charge is 0.415 e. The lowest BCUT2D eigenvalue weighted by Crippen LogP contribution is -2.35. The van der Waals surface area contributed by atoms with Crippen molar-refractivity contribution in [2.24, 2.45) is 0 Å². The topological polar surface area (TPSA) is 123 Å². The molecule has 0 aliphatic rings. The van der Waals surface area contributed by atoms with Crippen LogP contribution in [0.2, 0.25) is 0 Å². The van der Waals surface area contributed by atoms with Gasteiger partial charge >= 0.3 is 6.09 Å². The van der Waals surface area contributed by atoms with Crippen LogP contribution in [-0.2, 0) is 11.3 Å². The van der Waals surface area contributed by atoms with E-state index in [0.717, 1.165) is 5.56 Å². The maximum atomic E-state index is 12.7. The first-order valence-corrected chi connectivity index (χ1v) is 9.77. The zero-order valence-corrected chi connectivity index (χ0v) is 17.4. The molecule has 2 heterocycles. The number of carbonyl (C=O) groups is 2. The predicted molar refractivity (Wildman–Crippen MR) is 112 cm³/mol. The Morgan fingerprint density at radius 2 is 1.77 bits per heavy atom. The minimum atomic E-state index is -0.571. The fourth-order valence-electron chi connectivity index (χ4n) is 2.64. The van der Waals surface area contributed by atoms with Crippen LogP contribution in [0.5, 0.6) is 5.75 Å². The molecule has 3 aromatic rings. The number of amides is 2. The maximum absolute atomic E-state index is 12.7. The number of nitrogens with one attached hydrogen (secondary N) is 1. The predicted octanol–water partition coefficient (Wildman–Crippen LogP) is 2.16. The molecule has 1 N–H and O–H groups in total. The molecule has 0 unspecified atom stereocenters. The number of pyridine rings is 1. The van der Waals surface area contributed by atoms with Crippen LogP contribution in [0, 0.1) is 6.92 Å². The van der Waals surface area contributed by atoms with E-state index in [2.05, 4.69) is 30.7 Å². The third kappa shape index (κ3) is 6.53. The van der Waals surface area contributed by atoms with Gasteiger partial charge in [-0.15, -0.1) is 20.4 Å². The first-order valence-electron chi connectivity index (χ1n) is 9.77. The molecule has 2 amide bonds. The summed E-state index contributed by atoms with van der Waals surface area (Å²) in [6, 6.07) is 12.5.